The van der Waals surface area contributed by atoms with E-state index in [2.05, 4.69) is 218 Å². The summed E-state index contributed by atoms with van der Waals surface area (Å²) < 4.78 is 0. The maximum Gasteiger partial charge on any atom is 0.0725 e. The second-order valence-corrected chi connectivity index (χ2v) is 14.0. The summed E-state index contributed by atoms with van der Waals surface area (Å²) in [6.07, 6.45) is 4.74. The predicted molar refractivity (Wildman–Crippen MR) is 222 cm³/mol. The zero-order valence-electron chi connectivity index (χ0n) is 29.3. The molecule has 0 amide bonds. The molecule has 0 heterocycles. The van der Waals surface area contributed by atoms with Crippen LogP contribution in [0.15, 0.2) is 206 Å². The Kier molecular flexibility index (Phi) is 7.48. The topological polar surface area (TPSA) is 0 Å². The number of benzene rings is 8. The van der Waals surface area contributed by atoms with E-state index in [0.29, 0.717) is 0 Å². The van der Waals surface area contributed by atoms with Crippen molar-refractivity contribution in [3.05, 3.63) is 262 Å². The Labute approximate surface area is 311 Å². The molecule has 2 aliphatic rings. The molecule has 0 fully saturated rings. The molecule has 0 radical (unpaired) electrons. The van der Waals surface area contributed by atoms with Crippen molar-refractivity contribution in [3.8, 4) is 22.3 Å². The normalized spacial score (nSPS) is 12.7. The second kappa shape index (κ2) is 12.8. The van der Waals surface area contributed by atoms with Gasteiger partial charge in [-0.2, -0.15) is 0 Å². The first-order valence-corrected chi connectivity index (χ1v) is 18.4. The van der Waals surface area contributed by atoms with Crippen molar-refractivity contribution in [3.63, 3.8) is 0 Å². The van der Waals surface area contributed by atoms with Crippen LogP contribution in [0.2, 0.25) is 0 Å². The summed E-state index contributed by atoms with van der Waals surface area (Å²) in [4.78, 5) is 0. The Morgan fingerprint density at radius 2 is 0.585 bits per heavy atom. The van der Waals surface area contributed by atoms with Crippen LogP contribution in [-0.2, 0) is 5.41 Å². The van der Waals surface area contributed by atoms with E-state index < -0.39 is 5.41 Å². The van der Waals surface area contributed by atoms with Gasteiger partial charge in [-0.25, -0.2) is 0 Å². The molecule has 0 atom stereocenters. The molecule has 10 rings (SSSR count). The van der Waals surface area contributed by atoms with Gasteiger partial charge in [0.25, 0.3) is 0 Å². The Hall–Kier alpha value is -6.76. The molecule has 0 heteroatoms. The molecule has 2 aliphatic carbocycles. The Morgan fingerprint density at radius 3 is 0.943 bits per heavy atom. The number of hydrogen-bond acceptors (Lipinski definition) is 0. The van der Waals surface area contributed by atoms with E-state index in [4.69, 9.17) is 0 Å². The minimum absolute atomic E-state index is 0.454. The van der Waals surface area contributed by atoms with Crippen LogP contribution in [0.25, 0.3) is 45.6 Å². The molecule has 0 saturated heterocycles. The molecule has 8 aromatic carbocycles. The highest BCUT2D eigenvalue weighted by Gasteiger charge is 2.51. The fourth-order valence-electron chi connectivity index (χ4n) is 8.82. The SMILES string of the molecule is C(=C(c1ccccc1)c1ccccc1)c1ccc2c(c1)C1(c3ccccc3-c3ccccc31)c1cc(C=C(c3ccccc3)c3ccccc3)ccc1-2. The number of hydrogen-bond donors (Lipinski definition) is 0. The highest BCUT2D eigenvalue weighted by atomic mass is 14.5. The monoisotopic (exact) mass is 672 g/mol. The van der Waals surface area contributed by atoms with Crippen LogP contribution in [-0.4, -0.2) is 0 Å². The van der Waals surface area contributed by atoms with E-state index in [1.165, 1.54) is 89.0 Å². The fraction of sp³-hybridized carbons (Fsp3) is 0.0189. The van der Waals surface area contributed by atoms with Gasteiger partial charge in [-0.05, 0) is 113 Å². The van der Waals surface area contributed by atoms with Gasteiger partial charge in [-0.1, -0.05) is 194 Å². The molecular weight excluding hydrogens is 637 g/mol. The molecule has 53 heavy (non-hydrogen) atoms. The maximum absolute atomic E-state index is 2.47. The van der Waals surface area contributed by atoms with Gasteiger partial charge in [0, 0.05) is 0 Å². The van der Waals surface area contributed by atoms with Crippen LogP contribution in [0, 0.1) is 0 Å². The minimum Gasteiger partial charge on any atom is -0.0622 e. The highest BCUT2D eigenvalue weighted by Crippen LogP contribution is 2.63. The van der Waals surface area contributed by atoms with Crippen molar-refractivity contribution < 1.29 is 0 Å². The lowest BCUT2D eigenvalue weighted by Crippen LogP contribution is -2.26. The molecule has 0 unspecified atom stereocenters. The summed E-state index contributed by atoms with van der Waals surface area (Å²) in [5.41, 5.74) is 19.8. The van der Waals surface area contributed by atoms with Crippen LogP contribution in [0.4, 0.5) is 0 Å². The molecular formula is C53H36. The fourth-order valence-corrected chi connectivity index (χ4v) is 8.82. The molecule has 0 bridgehead atoms. The zero-order chi connectivity index (χ0) is 35.2. The van der Waals surface area contributed by atoms with Crippen LogP contribution in [0.3, 0.4) is 0 Å². The van der Waals surface area contributed by atoms with Gasteiger partial charge in [-0.3, -0.25) is 0 Å². The quantitative estimate of drug-likeness (QED) is 0.154. The third-order valence-corrected chi connectivity index (χ3v) is 11.1. The summed E-state index contributed by atoms with van der Waals surface area (Å²) in [5, 5.41) is 0. The molecule has 0 N–H and O–H groups in total. The third-order valence-electron chi connectivity index (χ3n) is 11.1. The average molecular weight is 673 g/mol. The number of rotatable bonds is 6. The lowest BCUT2D eigenvalue weighted by molar-refractivity contribution is 0.793. The summed E-state index contributed by atoms with van der Waals surface area (Å²) in [7, 11) is 0. The van der Waals surface area contributed by atoms with Crippen LogP contribution in [0.1, 0.15) is 55.6 Å². The van der Waals surface area contributed by atoms with Crippen molar-refractivity contribution in [2.24, 2.45) is 0 Å². The van der Waals surface area contributed by atoms with Gasteiger partial charge in [0.05, 0.1) is 5.41 Å². The molecule has 0 aromatic heterocycles. The van der Waals surface area contributed by atoms with E-state index in [1.807, 2.05) is 0 Å². The van der Waals surface area contributed by atoms with Crippen LogP contribution >= 0.6 is 0 Å². The van der Waals surface area contributed by atoms with Gasteiger partial charge < -0.3 is 0 Å². The third kappa shape index (κ3) is 5.06. The minimum atomic E-state index is -0.454. The Balaban J connectivity index is 1.22. The second-order valence-electron chi connectivity index (χ2n) is 14.0. The van der Waals surface area contributed by atoms with Gasteiger partial charge in [0.2, 0.25) is 0 Å². The largest absolute Gasteiger partial charge is 0.0725 e. The smallest absolute Gasteiger partial charge is 0.0622 e. The standard InChI is InChI=1S/C53H36/c1-5-17-39(18-6-1)47(40-19-7-2-8-20-40)33-37-29-31-45-46-32-30-38(34-48(41-21-9-3-10-22-41)42-23-11-4-12-24-42)36-52(46)53(51(45)35-37)49-27-15-13-25-43(49)44-26-14-16-28-50(44)53/h1-36H. The average Bonchev–Trinajstić information content (AvgIpc) is 3.70. The Morgan fingerprint density at radius 1 is 0.283 bits per heavy atom. The van der Waals surface area contributed by atoms with Crippen molar-refractivity contribution in [1.29, 1.82) is 0 Å². The van der Waals surface area contributed by atoms with Gasteiger partial charge in [-0.15, -0.1) is 0 Å². The van der Waals surface area contributed by atoms with E-state index >= 15 is 0 Å². The molecule has 0 saturated carbocycles. The lowest BCUT2D eigenvalue weighted by atomic mass is 9.70. The van der Waals surface area contributed by atoms with Gasteiger partial charge >= 0.3 is 0 Å². The first kappa shape index (κ1) is 31.0. The maximum atomic E-state index is 2.47. The molecule has 0 nitrogen and oxygen atoms in total. The van der Waals surface area contributed by atoms with E-state index in [1.54, 1.807) is 0 Å². The molecule has 0 aliphatic heterocycles. The highest BCUT2D eigenvalue weighted by molar-refractivity contribution is 5.98. The lowest BCUT2D eigenvalue weighted by Gasteiger charge is -2.31. The number of fused-ring (bicyclic) bond motifs is 10. The summed E-state index contributed by atoms with van der Waals surface area (Å²) in [6, 6.07) is 75.4. The van der Waals surface area contributed by atoms with Crippen LogP contribution < -0.4 is 0 Å². The van der Waals surface area contributed by atoms with Gasteiger partial charge in [0.15, 0.2) is 0 Å². The van der Waals surface area contributed by atoms with Crippen molar-refractivity contribution in [2.45, 2.75) is 5.41 Å². The van der Waals surface area contributed by atoms with E-state index in [0.717, 1.165) is 0 Å². The van der Waals surface area contributed by atoms with Gasteiger partial charge in [0.1, 0.15) is 0 Å². The Bertz CT molecular complexity index is 2410. The van der Waals surface area contributed by atoms with E-state index in [9.17, 15) is 0 Å². The predicted octanol–water partition coefficient (Wildman–Crippen LogP) is 13.2. The molecule has 1 spiro atoms. The first-order valence-electron chi connectivity index (χ1n) is 18.4. The molecule has 248 valence electrons. The van der Waals surface area contributed by atoms with Crippen molar-refractivity contribution >= 4 is 23.3 Å². The zero-order valence-corrected chi connectivity index (χ0v) is 29.3. The van der Waals surface area contributed by atoms with Crippen LogP contribution in [0.5, 0.6) is 0 Å². The van der Waals surface area contributed by atoms with Crippen molar-refractivity contribution in [1.82, 2.24) is 0 Å². The first-order chi connectivity index (χ1) is 26.3. The van der Waals surface area contributed by atoms with E-state index in [-0.39, 0.29) is 0 Å². The van der Waals surface area contributed by atoms with Crippen molar-refractivity contribution in [2.75, 3.05) is 0 Å². The summed E-state index contributed by atoms with van der Waals surface area (Å²) in [5.74, 6) is 0. The summed E-state index contributed by atoms with van der Waals surface area (Å²) >= 11 is 0. The molecule has 8 aromatic rings. The summed E-state index contributed by atoms with van der Waals surface area (Å²) in [6.45, 7) is 0.